The van der Waals surface area contributed by atoms with E-state index in [-0.39, 0.29) is 17.7 Å². The molecule has 0 spiro atoms. The summed E-state index contributed by atoms with van der Waals surface area (Å²) in [7, 11) is 0. The van der Waals surface area contributed by atoms with Gasteiger partial charge in [0.15, 0.2) is 0 Å². The van der Waals surface area contributed by atoms with E-state index in [0.29, 0.717) is 11.5 Å². The molecule has 0 saturated heterocycles. The normalized spacial score (nSPS) is 14.1. The van der Waals surface area contributed by atoms with Gasteiger partial charge < -0.3 is 10.4 Å². The van der Waals surface area contributed by atoms with Crippen molar-refractivity contribution in [3.05, 3.63) is 29.3 Å². The van der Waals surface area contributed by atoms with Gasteiger partial charge in [-0.15, -0.1) is 0 Å². The quantitative estimate of drug-likeness (QED) is 0.840. The van der Waals surface area contributed by atoms with Gasteiger partial charge in [0.1, 0.15) is 5.75 Å². The minimum atomic E-state index is -0.152. The number of carbonyl (C=O) groups is 1. The van der Waals surface area contributed by atoms with Crippen molar-refractivity contribution >= 4 is 21.8 Å². The molecule has 17 heavy (non-hydrogen) atoms. The molecule has 0 radical (unpaired) electrons. The van der Waals surface area contributed by atoms with Crippen LogP contribution < -0.4 is 5.32 Å². The molecule has 1 aromatic carbocycles. The Bertz CT molecular complexity index is 406. The third-order valence-corrected chi connectivity index (χ3v) is 3.95. The molecule has 4 heteroatoms. The number of benzene rings is 1. The maximum absolute atomic E-state index is 11.9. The molecule has 0 saturated carbocycles. The second-order valence-electron chi connectivity index (χ2n) is 4.39. The summed E-state index contributed by atoms with van der Waals surface area (Å²) in [4.78, 5) is 11.9. The number of aryl methyl sites for hydroxylation is 1. The van der Waals surface area contributed by atoms with Crippen molar-refractivity contribution < 1.29 is 9.90 Å². The number of aromatic hydroxyl groups is 1. The molecule has 0 aliphatic rings. The molecule has 0 fully saturated rings. The molecule has 94 valence electrons. The molecule has 3 nitrogen and oxygen atoms in total. The molecule has 1 amide bonds. The molecule has 0 bridgehead atoms. The minimum Gasteiger partial charge on any atom is -0.508 e. The summed E-state index contributed by atoms with van der Waals surface area (Å²) in [5.74, 6) is 0.359. The fourth-order valence-corrected chi connectivity index (χ4v) is 1.88. The van der Waals surface area contributed by atoms with E-state index in [1.54, 1.807) is 19.1 Å². The van der Waals surface area contributed by atoms with Crippen LogP contribution in [0.1, 0.15) is 29.8 Å². The van der Waals surface area contributed by atoms with Gasteiger partial charge in [0.2, 0.25) is 0 Å². The number of hydrogen-bond acceptors (Lipinski definition) is 2. The van der Waals surface area contributed by atoms with Crippen LogP contribution in [0.25, 0.3) is 0 Å². The molecule has 0 aromatic heterocycles. The average molecular weight is 300 g/mol. The van der Waals surface area contributed by atoms with Gasteiger partial charge in [-0.25, -0.2) is 0 Å². The molecular weight excluding hydrogens is 282 g/mol. The zero-order valence-corrected chi connectivity index (χ0v) is 11.9. The van der Waals surface area contributed by atoms with E-state index >= 15 is 0 Å². The number of halogens is 1. The van der Waals surface area contributed by atoms with Crippen LogP contribution in [0.5, 0.6) is 5.75 Å². The van der Waals surface area contributed by atoms with Gasteiger partial charge in [0, 0.05) is 16.9 Å². The Labute approximate surface area is 110 Å². The van der Waals surface area contributed by atoms with Crippen LogP contribution in [0, 0.1) is 12.8 Å². The lowest BCUT2D eigenvalue weighted by molar-refractivity contribution is 0.0931. The summed E-state index contributed by atoms with van der Waals surface area (Å²) < 4.78 is 0. The van der Waals surface area contributed by atoms with Crippen LogP contribution in [0.2, 0.25) is 0 Å². The Kier molecular flexibility index (Phi) is 5.00. The maximum Gasteiger partial charge on any atom is 0.251 e. The van der Waals surface area contributed by atoms with Crippen LogP contribution in [0.15, 0.2) is 18.2 Å². The van der Waals surface area contributed by atoms with Gasteiger partial charge in [-0.2, -0.15) is 0 Å². The number of amides is 1. The van der Waals surface area contributed by atoms with Crippen molar-refractivity contribution in [2.24, 2.45) is 5.92 Å². The third-order valence-electron chi connectivity index (χ3n) is 2.93. The monoisotopic (exact) mass is 299 g/mol. The van der Waals surface area contributed by atoms with Crippen molar-refractivity contribution in [3.8, 4) is 5.75 Å². The first kappa shape index (κ1) is 14.0. The largest absolute Gasteiger partial charge is 0.508 e. The SMILES string of the molecule is Cc1ccc(C(=O)NC(C)C(C)CBr)cc1O. The van der Waals surface area contributed by atoms with Gasteiger partial charge >= 0.3 is 0 Å². The van der Waals surface area contributed by atoms with E-state index in [2.05, 4.69) is 28.2 Å². The minimum absolute atomic E-state index is 0.0883. The number of nitrogens with one attached hydrogen (secondary N) is 1. The molecule has 2 N–H and O–H groups in total. The van der Waals surface area contributed by atoms with E-state index in [0.717, 1.165) is 10.9 Å². The van der Waals surface area contributed by atoms with Crippen LogP contribution in [0.4, 0.5) is 0 Å². The first-order valence-electron chi connectivity index (χ1n) is 5.62. The fraction of sp³-hybridized carbons (Fsp3) is 0.462. The lowest BCUT2D eigenvalue weighted by Gasteiger charge is -2.19. The first-order chi connectivity index (χ1) is 7.95. The highest BCUT2D eigenvalue weighted by Gasteiger charge is 2.15. The van der Waals surface area contributed by atoms with Crippen molar-refractivity contribution in [1.29, 1.82) is 0 Å². The smallest absolute Gasteiger partial charge is 0.251 e. The van der Waals surface area contributed by atoms with E-state index in [9.17, 15) is 9.90 Å². The zero-order chi connectivity index (χ0) is 13.0. The average Bonchev–Trinajstić information content (AvgIpc) is 2.31. The highest BCUT2D eigenvalue weighted by molar-refractivity contribution is 9.09. The van der Waals surface area contributed by atoms with Gasteiger partial charge in [-0.05, 0) is 37.5 Å². The second-order valence-corrected chi connectivity index (χ2v) is 5.04. The van der Waals surface area contributed by atoms with Crippen molar-refractivity contribution in [1.82, 2.24) is 5.32 Å². The summed E-state index contributed by atoms with van der Waals surface area (Å²) in [5, 5.41) is 13.3. The molecular formula is C13H18BrNO2. The van der Waals surface area contributed by atoms with Crippen molar-refractivity contribution in [2.75, 3.05) is 5.33 Å². The summed E-state index contributed by atoms with van der Waals surface area (Å²) in [6.07, 6.45) is 0. The molecule has 0 aliphatic heterocycles. The predicted molar refractivity (Wildman–Crippen MR) is 72.7 cm³/mol. The van der Waals surface area contributed by atoms with Crippen LogP contribution in [-0.2, 0) is 0 Å². The molecule has 0 aliphatic carbocycles. The number of carbonyl (C=O) groups excluding carboxylic acids is 1. The van der Waals surface area contributed by atoms with Crippen LogP contribution >= 0.6 is 15.9 Å². The number of rotatable bonds is 4. The Morgan fingerprint density at radius 2 is 2.12 bits per heavy atom. The highest BCUT2D eigenvalue weighted by Crippen LogP contribution is 2.17. The highest BCUT2D eigenvalue weighted by atomic mass is 79.9. The van der Waals surface area contributed by atoms with Crippen LogP contribution in [0.3, 0.4) is 0 Å². The number of phenols is 1. The Morgan fingerprint density at radius 3 is 2.65 bits per heavy atom. The zero-order valence-electron chi connectivity index (χ0n) is 10.3. The number of phenolic OH excluding ortho intramolecular Hbond substituents is 1. The molecule has 1 rings (SSSR count). The second kappa shape index (κ2) is 6.05. The van der Waals surface area contributed by atoms with Gasteiger partial charge in [0.25, 0.3) is 5.91 Å². The third kappa shape index (κ3) is 3.73. The fourth-order valence-electron chi connectivity index (χ4n) is 1.32. The predicted octanol–water partition coefficient (Wildman–Crippen LogP) is 2.85. The van der Waals surface area contributed by atoms with Crippen molar-refractivity contribution in [3.63, 3.8) is 0 Å². The lowest BCUT2D eigenvalue weighted by Crippen LogP contribution is -2.37. The Balaban J connectivity index is 2.73. The van der Waals surface area contributed by atoms with Gasteiger partial charge in [0.05, 0.1) is 0 Å². The number of alkyl halides is 1. The summed E-state index contributed by atoms with van der Waals surface area (Å²) in [6, 6.07) is 5.04. The summed E-state index contributed by atoms with van der Waals surface area (Å²) >= 11 is 3.39. The van der Waals surface area contributed by atoms with E-state index in [1.807, 2.05) is 6.92 Å². The van der Waals surface area contributed by atoms with E-state index < -0.39 is 0 Å². The van der Waals surface area contributed by atoms with E-state index in [4.69, 9.17) is 0 Å². The standard InChI is InChI=1S/C13H18BrNO2/c1-8-4-5-11(6-12(8)16)13(17)15-10(3)9(2)7-14/h4-6,9-10,16H,7H2,1-3H3,(H,15,17). The lowest BCUT2D eigenvalue weighted by atomic mass is 10.1. The van der Waals surface area contributed by atoms with Gasteiger partial charge in [-0.3, -0.25) is 4.79 Å². The molecule has 2 unspecified atom stereocenters. The number of hydrogen-bond donors (Lipinski definition) is 2. The maximum atomic E-state index is 11.9. The summed E-state index contributed by atoms with van der Waals surface area (Å²) in [5.41, 5.74) is 1.25. The van der Waals surface area contributed by atoms with Crippen molar-refractivity contribution in [2.45, 2.75) is 26.8 Å². The van der Waals surface area contributed by atoms with Crippen LogP contribution in [-0.4, -0.2) is 22.4 Å². The first-order valence-corrected chi connectivity index (χ1v) is 6.74. The van der Waals surface area contributed by atoms with E-state index in [1.165, 1.54) is 6.07 Å². The topological polar surface area (TPSA) is 49.3 Å². The molecule has 2 atom stereocenters. The Morgan fingerprint density at radius 1 is 1.47 bits per heavy atom. The molecule has 1 aromatic rings. The Hall–Kier alpha value is -1.03. The summed E-state index contributed by atoms with van der Waals surface area (Å²) in [6.45, 7) is 5.83. The van der Waals surface area contributed by atoms with Gasteiger partial charge in [-0.1, -0.05) is 28.9 Å². The molecule has 0 heterocycles.